The van der Waals surface area contributed by atoms with Crippen LogP contribution in [0, 0.1) is 22.2 Å². The first-order chi connectivity index (χ1) is 18.6. The Hall–Kier alpha value is -2.92. The van der Waals surface area contributed by atoms with E-state index in [-0.39, 0.29) is 23.7 Å². The molecular formula is C23H28F3N7O5S. The summed E-state index contributed by atoms with van der Waals surface area (Å²) in [6, 6.07) is 0.642. The lowest BCUT2D eigenvalue weighted by molar-refractivity contribution is -0.212. The Morgan fingerprint density at radius 2 is 1.77 bits per heavy atom. The van der Waals surface area contributed by atoms with E-state index in [0.717, 1.165) is 12.1 Å². The largest absolute Gasteiger partial charge is 0.394 e. The molecule has 0 amide bonds. The van der Waals surface area contributed by atoms with Crippen LogP contribution in [0.2, 0.25) is 0 Å². The standard InChI is InChI=1S/C23H28F3N7O5S/c1-37-23-18(8-13-9-32(30-28-13)14-2-4-39(27,36)5-3-14)38-19(11-34)22(35)21(23)33-10-17(29-31-33)12-6-15(24)20(26)16(25)7-12/h6-7,9-10,14,18-19,21-23,27,34-35H,2-5,8,11H2,1H3/t14?,18-,19-,21+,22+,23+,39?/m1/s1. The fourth-order valence-electron chi connectivity index (χ4n) is 5.14. The van der Waals surface area contributed by atoms with Crippen LogP contribution in [0.25, 0.3) is 11.3 Å². The molecule has 0 saturated carbocycles. The number of aromatic nitrogens is 6. The van der Waals surface area contributed by atoms with Gasteiger partial charge in [-0.25, -0.2) is 26.7 Å². The Labute approximate surface area is 221 Å². The lowest BCUT2D eigenvalue weighted by Crippen LogP contribution is -2.57. The molecule has 2 aliphatic heterocycles. The van der Waals surface area contributed by atoms with Gasteiger partial charge in [-0.2, -0.15) is 0 Å². The van der Waals surface area contributed by atoms with Gasteiger partial charge in [0.2, 0.25) is 0 Å². The predicted octanol–water partition coefficient (Wildman–Crippen LogP) is 1.25. The highest BCUT2D eigenvalue weighted by Gasteiger charge is 2.47. The highest BCUT2D eigenvalue weighted by Crippen LogP contribution is 2.34. The zero-order valence-corrected chi connectivity index (χ0v) is 21.7. The third-order valence-corrected chi connectivity index (χ3v) is 9.03. The fourth-order valence-corrected chi connectivity index (χ4v) is 6.65. The van der Waals surface area contributed by atoms with Gasteiger partial charge >= 0.3 is 0 Å². The monoisotopic (exact) mass is 571 g/mol. The highest BCUT2D eigenvalue weighted by molar-refractivity contribution is 7.92. The summed E-state index contributed by atoms with van der Waals surface area (Å²) in [7, 11) is -1.12. The number of methoxy groups -OCH3 is 1. The van der Waals surface area contributed by atoms with Gasteiger partial charge in [0.1, 0.15) is 30.0 Å². The third kappa shape index (κ3) is 5.56. The molecule has 0 spiro atoms. The molecule has 0 unspecified atom stereocenters. The number of hydrogen-bond acceptors (Lipinski definition) is 10. The van der Waals surface area contributed by atoms with Crippen LogP contribution in [0.1, 0.15) is 30.6 Å². The van der Waals surface area contributed by atoms with Gasteiger partial charge in [-0.1, -0.05) is 10.4 Å². The van der Waals surface area contributed by atoms with Crippen molar-refractivity contribution < 1.29 is 37.1 Å². The quantitative estimate of drug-likeness (QED) is 0.355. The molecule has 39 heavy (non-hydrogen) atoms. The molecule has 16 heteroatoms. The number of benzene rings is 1. The summed E-state index contributed by atoms with van der Waals surface area (Å²) in [6.45, 7) is -0.512. The van der Waals surface area contributed by atoms with E-state index >= 15 is 0 Å². The Kier molecular flexibility index (Phi) is 7.74. The second kappa shape index (κ2) is 10.9. The van der Waals surface area contributed by atoms with Crippen molar-refractivity contribution in [3.8, 4) is 11.3 Å². The van der Waals surface area contributed by atoms with Crippen molar-refractivity contribution in [3.05, 3.63) is 47.7 Å². The molecule has 2 aliphatic rings. The summed E-state index contributed by atoms with van der Waals surface area (Å²) < 4.78 is 75.3. The van der Waals surface area contributed by atoms with E-state index in [9.17, 15) is 27.6 Å². The smallest absolute Gasteiger partial charge is 0.194 e. The van der Waals surface area contributed by atoms with Crippen LogP contribution in [0.3, 0.4) is 0 Å². The predicted molar refractivity (Wildman–Crippen MR) is 130 cm³/mol. The lowest BCUT2D eigenvalue weighted by atomic mass is 9.90. The number of halogens is 3. The Bertz CT molecular complexity index is 1400. The van der Waals surface area contributed by atoms with Crippen LogP contribution in [0.15, 0.2) is 24.5 Å². The summed E-state index contributed by atoms with van der Waals surface area (Å²) in [5, 5.41) is 37.3. The van der Waals surface area contributed by atoms with Crippen LogP contribution >= 0.6 is 0 Å². The molecular weight excluding hydrogens is 543 g/mol. The molecule has 2 aromatic heterocycles. The Morgan fingerprint density at radius 3 is 2.41 bits per heavy atom. The van der Waals surface area contributed by atoms with E-state index in [1.807, 2.05) is 0 Å². The van der Waals surface area contributed by atoms with Gasteiger partial charge in [0.15, 0.2) is 17.5 Å². The van der Waals surface area contributed by atoms with Crippen molar-refractivity contribution in [3.63, 3.8) is 0 Å². The zero-order chi connectivity index (χ0) is 27.9. The molecule has 12 nitrogen and oxygen atoms in total. The van der Waals surface area contributed by atoms with Gasteiger partial charge in [0.05, 0.1) is 30.6 Å². The second-order valence-electron chi connectivity index (χ2n) is 9.76. The molecule has 3 N–H and O–H groups in total. The maximum absolute atomic E-state index is 13.8. The topological polar surface area (TPSA) is 161 Å². The zero-order valence-electron chi connectivity index (χ0n) is 20.9. The summed E-state index contributed by atoms with van der Waals surface area (Å²) in [5.41, 5.74) is 0.539. The van der Waals surface area contributed by atoms with Gasteiger partial charge in [-0.15, -0.1) is 10.2 Å². The number of rotatable bonds is 7. The van der Waals surface area contributed by atoms with Crippen molar-refractivity contribution in [1.82, 2.24) is 30.0 Å². The lowest BCUT2D eigenvalue weighted by Gasteiger charge is -2.43. The first kappa shape index (κ1) is 27.6. The third-order valence-electron chi connectivity index (χ3n) is 7.23. The van der Waals surface area contributed by atoms with Crippen LogP contribution in [-0.4, -0.2) is 94.0 Å². The highest BCUT2D eigenvalue weighted by atomic mass is 32.2. The van der Waals surface area contributed by atoms with Crippen LogP contribution < -0.4 is 0 Å². The van der Waals surface area contributed by atoms with Gasteiger partial charge in [0.25, 0.3) is 0 Å². The van der Waals surface area contributed by atoms with E-state index in [0.29, 0.717) is 30.0 Å². The van der Waals surface area contributed by atoms with E-state index < -0.39 is 64.2 Å². The number of hydrogen-bond donors (Lipinski definition) is 3. The average molecular weight is 572 g/mol. The minimum Gasteiger partial charge on any atom is -0.394 e. The van der Waals surface area contributed by atoms with Crippen LogP contribution in [0.4, 0.5) is 13.2 Å². The van der Waals surface area contributed by atoms with Crippen molar-refractivity contribution in [2.45, 2.75) is 55.8 Å². The summed E-state index contributed by atoms with van der Waals surface area (Å²) in [6.07, 6.45) is 0.582. The number of nitrogens with zero attached hydrogens (tertiary/aromatic N) is 6. The first-order valence-electron chi connectivity index (χ1n) is 12.3. The minimum absolute atomic E-state index is 0.0221. The van der Waals surface area contributed by atoms with Crippen LogP contribution in [-0.2, 0) is 25.6 Å². The molecule has 2 fully saturated rings. The van der Waals surface area contributed by atoms with E-state index in [1.165, 1.54) is 18.0 Å². The van der Waals surface area contributed by atoms with E-state index in [4.69, 9.17) is 14.3 Å². The SMILES string of the molecule is CO[C@@H]1[C@@H](n2cc(-c3cc(F)c(F)c(F)c3)nn2)[C@@H](O)[C@@H](CO)O[C@@H]1Cc1cn(C2CCS(=N)(=O)CC2)nn1. The summed E-state index contributed by atoms with van der Waals surface area (Å²) in [4.78, 5) is 0. The number of nitrogens with one attached hydrogen (secondary N) is 1. The minimum atomic E-state index is -2.53. The molecule has 0 radical (unpaired) electrons. The Balaban J connectivity index is 1.38. The number of aliphatic hydroxyl groups is 2. The molecule has 5 rings (SSSR count). The van der Waals surface area contributed by atoms with Gasteiger partial charge in [0, 0.05) is 46.5 Å². The molecule has 212 valence electrons. The number of aliphatic hydroxyl groups excluding tert-OH is 2. The maximum atomic E-state index is 13.8. The van der Waals surface area contributed by atoms with Crippen LogP contribution in [0.5, 0.6) is 0 Å². The van der Waals surface area contributed by atoms with Crippen molar-refractivity contribution >= 4 is 9.73 Å². The first-order valence-corrected chi connectivity index (χ1v) is 14.2. The van der Waals surface area contributed by atoms with Crippen molar-refractivity contribution in [2.24, 2.45) is 0 Å². The number of ether oxygens (including phenoxy) is 2. The van der Waals surface area contributed by atoms with Gasteiger partial charge < -0.3 is 19.7 Å². The summed E-state index contributed by atoms with van der Waals surface area (Å²) >= 11 is 0. The Morgan fingerprint density at radius 1 is 1.10 bits per heavy atom. The molecule has 5 atom stereocenters. The second-order valence-corrected chi connectivity index (χ2v) is 12.2. The molecule has 4 heterocycles. The normalized spacial score (nSPS) is 31.4. The average Bonchev–Trinajstić information content (AvgIpc) is 3.58. The molecule has 0 aliphatic carbocycles. The summed E-state index contributed by atoms with van der Waals surface area (Å²) in [5.74, 6) is -3.75. The van der Waals surface area contributed by atoms with Gasteiger partial charge in [-0.05, 0) is 25.0 Å². The van der Waals surface area contributed by atoms with E-state index in [1.54, 1.807) is 10.9 Å². The van der Waals surface area contributed by atoms with Crippen molar-refractivity contribution in [1.29, 1.82) is 4.78 Å². The van der Waals surface area contributed by atoms with E-state index in [2.05, 4.69) is 20.6 Å². The molecule has 2 saturated heterocycles. The van der Waals surface area contributed by atoms with Gasteiger partial charge in [-0.3, -0.25) is 4.78 Å². The molecule has 3 aromatic rings. The van der Waals surface area contributed by atoms with Crippen molar-refractivity contribution in [2.75, 3.05) is 25.2 Å². The maximum Gasteiger partial charge on any atom is 0.194 e. The fraction of sp³-hybridized carbons (Fsp3) is 0.565. The molecule has 1 aromatic carbocycles. The molecule has 0 bridgehead atoms.